The third-order valence-electron chi connectivity index (χ3n) is 4.03. The first-order valence-corrected chi connectivity index (χ1v) is 6.75. The zero-order valence-electron chi connectivity index (χ0n) is 11.8. The van der Waals surface area contributed by atoms with E-state index in [2.05, 4.69) is 5.32 Å². The summed E-state index contributed by atoms with van der Waals surface area (Å²) in [5.74, 6) is 0.305. The van der Waals surface area contributed by atoms with Gasteiger partial charge < -0.3 is 25.6 Å². The number of aliphatic hydroxyl groups is 1. The quantitative estimate of drug-likeness (QED) is 0.580. The molecule has 3 unspecified atom stereocenters. The Morgan fingerprint density at radius 1 is 1.33 bits per heavy atom. The molecule has 5 heteroatoms. The zero-order chi connectivity index (χ0) is 13.6. The number of ether oxygens (including phenoxy) is 2. The average Bonchev–Trinajstić information content (AvgIpc) is 2.40. The molecule has 5 nitrogen and oxygen atoms in total. The fraction of sp³-hybridized carbons (Fsp3) is 1.00. The first kappa shape index (κ1) is 15.9. The molecule has 0 heterocycles. The van der Waals surface area contributed by atoms with Gasteiger partial charge in [-0.1, -0.05) is 12.8 Å². The van der Waals surface area contributed by atoms with Crippen LogP contribution in [0.4, 0.5) is 0 Å². The molecule has 0 amide bonds. The fourth-order valence-electron chi connectivity index (χ4n) is 2.88. The number of aliphatic hydroxyl groups excluding tert-OH is 1. The fourth-order valence-corrected chi connectivity index (χ4v) is 2.88. The largest absolute Gasteiger partial charge is 0.396 e. The van der Waals surface area contributed by atoms with E-state index < -0.39 is 5.54 Å². The standard InChI is InChI=1S/C13H28N2O3/c1-13(9-14,12(17-2)18-3)15-11-7-5-4-6-10(11)8-16/h10-12,15-16H,4-9,14H2,1-3H3. The highest BCUT2D eigenvalue weighted by molar-refractivity contribution is 4.94. The molecule has 0 aromatic rings. The van der Waals surface area contributed by atoms with Gasteiger partial charge in [0.05, 0.1) is 5.54 Å². The third kappa shape index (κ3) is 3.65. The monoisotopic (exact) mass is 260 g/mol. The van der Waals surface area contributed by atoms with Gasteiger partial charge >= 0.3 is 0 Å². The predicted molar refractivity (Wildman–Crippen MR) is 71.2 cm³/mol. The number of methoxy groups -OCH3 is 2. The van der Waals surface area contributed by atoms with Crippen molar-refractivity contribution in [3.05, 3.63) is 0 Å². The Bertz CT molecular complexity index is 236. The van der Waals surface area contributed by atoms with Gasteiger partial charge in [0.2, 0.25) is 0 Å². The van der Waals surface area contributed by atoms with Crippen molar-refractivity contribution in [3.8, 4) is 0 Å². The summed E-state index contributed by atoms with van der Waals surface area (Å²) in [6, 6.07) is 0.282. The minimum Gasteiger partial charge on any atom is -0.396 e. The topological polar surface area (TPSA) is 76.7 Å². The molecule has 0 aliphatic heterocycles. The first-order valence-electron chi connectivity index (χ1n) is 6.75. The summed E-state index contributed by atoms with van der Waals surface area (Å²) in [7, 11) is 3.24. The smallest absolute Gasteiger partial charge is 0.175 e. The Kier molecular flexibility index (Phi) is 6.52. The highest BCUT2D eigenvalue weighted by Crippen LogP contribution is 2.26. The summed E-state index contributed by atoms with van der Waals surface area (Å²) in [6.45, 7) is 2.66. The molecule has 0 bridgehead atoms. The van der Waals surface area contributed by atoms with E-state index in [9.17, 15) is 5.11 Å². The van der Waals surface area contributed by atoms with Gasteiger partial charge in [0.15, 0.2) is 6.29 Å². The van der Waals surface area contributed by atoms with Crippen molar-refractivity contribution in [3.63, 3.8) is 0 Å². The summed E-state index contributed by atoms with van der Waals surface area (Å²) in [5, 5.41) is 13.0. The molecule has 3 atom stereocenters. The zero-order valence-corrected chi connectivity index (χ0v) is 11.8. The highest BCUT2D eigenvalue weighted by Gasteiger charge is 2.38. The van der Waals surface area contributed by atoms with Gasteiger partial charge in [-0.05, 0) is 25.7 Å². The number of hydrogen-bond donors (Lipinski definition) is 3. The van der Waals surface area contributed by atoms with E-state index in [-0.39, 0.29) is 18.9 Å². The van der Waals surface area contributed by atoms with Crippen LogP contribution in [-0.2, 0) is 9.47 Å². The van der Waals surface area contributed by atoms with Crippen LogP contribution in [0.25, 0.3) is 0 Å². The first-order chi connectivity index (χ1) is 8.61. The summed E-state index contributed by atoms with van der Waals surface area (Å²) in [5.41, 5.74) is 5.45. The van der Waals surface area contributed by atoms with E-state index >= 15 is 0 Å². The molecule has 0 aromatic carbocycles. The lowest BCUT2D eigenvalue weighted by molar-refractivity contribution is -0.153. The maximum atomic E-state index is 9.45. The van der Waals surface area contributed by atoms with E-state index in [1.165, 1.54) is 12.8 Å². The molecule has 0 radical (unpaired) electrons. The van der Waals surface area contributed by atoms with E-state index in [0.717, 1.165) is 12.8 Å². The van der Waals surface area contributed by atoms with Crippen LogP contribution in [0.3, 0.4) is 0 Å². The maximum absolute atomic E-state index is 9.45. The SMILES string of the molecule is COC(OC)C(C)(CN)NC1CCCCC1CO. The van der Waals surface area contributed by atoms with Crippen molar-refractivity contribution in [2.45, 2.75) is 50.5 Å². The van der Waals surface area contributed by atoms with E-state index in [0.29, 0.717) is 12.5 Å². The summed E-state index contributed by atoms with van der Waals surface area (Å²) in [4.78, 5) is 0. The van der Waals surface area contributed by atoms with Gasteiger partial charge in [0.25, 0.3) is 0 Å². The molecule has 0 saturated heterocycles. The van der Waals surface area contributed by atoms with Gasteiger partial charge in [-0.15, -0.1) is 0 Å². The minimum absolute atomic E-state index is 0.225. The van der Waals surface area contributed by atoms with Crippen LogP contribution in [0.15, 0.2) is 0 Å². The van der Waals surface area contributed by atoms with E-state index in [1.807, 2.05) is 6.92 Å². The van der Waals surface area contributed by atoms with Crippen molar-refractivity contribution in [2.24, 2.45) is 11.7 Å². The Hall–Kier alpha value is -0.200. The second-order valence-electron chi connectivity index (χ2n) is 5.40. The van der Waals surface area contributed by atoms with Crippen LogP contribution < -0.4 is 11.1 Å². The molecule has 0 aromatic heterocycles. The lowest BCUT2D eigenvalue weighted by atomic mass is 9.83. The van der Waals surface area contributed by atoms with Gasteiger partial charge in [-0.2, -0.15) is 0 Å². The molecule has 1 fully saturated rings. The molecule has 4 N–H and O–H groups in total. The second kappa shape index (κ2) is 7.40. The number of hydrogen-bond acceptors (Lipinski definition) is 5. The Morgan fingerprint density at radius 2 is 1.94 bits per heavy atom. The van der Waals surface area contributed by atoms with Crippen LogP contribution in [0, 0.1) is 5.92 Å². The molecule has 1 aliphatic carbocycles. The van der Waals surface area contributed by atoms with Gasteiger partial charge in [-0.25, -0.2) is 0 Å². The van der Waals surface area contributed by atoms with Crippen molar-refractivity contribution in [1.29, 1.82) is 0 Å². The van der Waals surface area contributed by atoms with Crippen molar-refractivity contribution in [2.75, 3.05) is 27.4 Å². The van der Waals surface area contributed by atoms with Crippen molar-refractivity contribution < 1.29 is 14.6 Å². The lowest BCUT2D eigenvalue weighted by Gasteiger charge is -2.42. The van der Waals surface area contributed by atoms with Crippen molar-refractivity contribution in [1.82, 2.24) is 5.32 Å². The van der Waals surface area contributed by atoms with Gasteiger partial charge in [0.1, 0.15) is 0 Å². The Morgan fingerprint density at radius 3 is 2.44 bits per heavy atom. The van der Waals surface area contributed by atoms with Crippen LogP contribution in [0.1, 0.15) is 32.6 Å². The number of nitrogens with one attached hydrogen (secondary N) is 1. The molecular weight excluding hydrogens is 232 g/mol. The van der Waals surface area contributed by atoms with Gasteiger partial charge in [0, 0.05) is 33.4 Å². The summed E-state index contributed by atoms with van der Waals surface area (Å²) in [6.07, 6.45) is 4.14. The summed E-state index contributed by atoms with van der Waals surface area (Å²) >= 11 is 0. The van der Waals surface area contributed by atoms with E-state index in [4.69, 9.17) is 15.2 Å². The minimum atomic E-state index is -0.432. The second-order valence-corrected chi connectivity index (χ2v) is 5.40. The maximum Gasteiger partial charge on any atom is 0.175 e. The molecule has 108 valence electrons. The van der Waals surface area contributed by atoms with Crippen LogP contribution in [0.2, 0.25) is 0 Å². The van der Waals surface area contributed by atoms with Crippen molar-refractivity contribution >= 4 is 0 Å². The highest BCUT2D eigenvalue weighted by atomic mass is 16.7. The molecular formula is C13H28N2O3. The van der Waals surface area contributed by atoms with E-state index in [1.54, 1.807) is 14.2 Å². The molecule has 1 aliphatic rings. The Balaban J connectivity index is 2.70. The average molecular weight is 260 g/mol. The number of nitrogens with two attached hydrogens (primary N) is 1. The predicted octanol–water partition coefficient (Wildman–Crippen LogP) is 0.463. The molecule has 1 rings (SSSR count). The molecule has 0 spiro atoms. The van der Waals surface area contributed by atoms with Crippen LogP contribution in [-0.4, -0.2) is 50.3 Å². The van der Waals surface area contributed by atoms with Gasteiger partial charge in [-0.3, -0.25) is 0 Å². The molecule has 18 heavy (non-hydrogen) atoms. The van der Waals surface area contributed by atoms with Crippen LogP contribution in [0.5, 0.6) is 0 Å². The Labute approximate surface area is 110 Å². The van der Waals surface area contributed by atoms with Crippen LogP contribution >= 0.6 is 0 Å². The molecule has 1 saturated carbocycles. The third-order valence-corrected chi connectivity index (χ3v) is 4.03. The lowest BCUT2D eigenvalue weighted by Crippen LogP contribution is -2.63. The summed E-state index contributed by atoms with van der Waals surface area (Å²) < 4.78 is 10.7. The normalized spacial score (nSPS) is 28.3. The number of rotatable bonds is 7.